The van der Waals surface area contributed by atoms with Crippen LogP contribution in [0.5, 0.6) is 0 Å². The van der Waals surface area contributed by atoms with Crippen LogP contribution in [0.2, 0.25) is 0 Å². The van der Waals surface area contributed by atoms with E-state index in [1.54, 1.807) is 12.1 Å². The van der Waals surface area contributed by atoms with Crippen LogP contribution in [0.15, 0.2) is 54.9 Å². The van der Waals surface area contributed by atoms with Crippen LogP contribution >= 0.6 is 0 Å². The molecular weight excluding hydrogens is 331 g/mol. The Bertz CT molecular complexity index is 925. The van der Waals surface area contributed by atoms with E-state index >= 15 is 0 Å². The third-order valence-electron chi connectivity index (χ3n) is 4.00. The molecule has 1 heterocycles. The molecule has 0 atom stereocenters. The number of anilines is 3. The number of halogens is 1. The van der Waals surface area contributed by atoms with Crippen LogP contribution in [0.1, 0.15) is 28.5 Å². The topological polar surface area (TPSA) is 66.9 Å². The number of benzene rings is 2. The van der Waals surface area contributed by atoms with Gasteiger partial charge in [-0.05, 0) is 36.6 Å². The third kappa shape index (κ3) is 3.85. The first-order valence-electron chi connectivity index (χ1n) is 8.32. The summed E-state index contributed by atoms with van der Waals surface area (Å²) in [5.41, 5.74) is 3.49. The van der Waals surface area contributed by atoms with E-state index in [1.165, 1.54) is 30.1 Å². The molecule has 0 unspecified atom stereocenters. The van der Waals surface area contributed by atoms with Gasteiger partial charge in [-0.1, -0.05) is 37.3 Å². The first-order valence-corrected chi connectivity index (χ1v) is 8.32. The van der Waals surface area contributed by atoms with Crippen molar-refractivity contribution in [1.82, 2.24) is 9.97 Å². The first kappa shape index (κ1) is 17.5. The highest BCUT2D eigenvalue weighted by atomic mass is 19.1. The van der Waals surface area contributed by atoms with Gasteiger partial charge in [0.25, 0.3) is 5.91 Å². The Kier molecular flexibility index (Phi) is 5.22. The summed E-state index contributed by atoms with van der Waals surface area (Å²) in [5, 5.41) is 5.74. The Hall–Kier alpha value is -3.28. The molecule has 2 N–H and O–H groups in total. The first-order chi connectivity index (χ1) is 12.6. The largest absolute Gasteiger partial charge is 0.339 e. The van der Waals surface area contributed by atoms with Crippen LogP contribution in [-0.4, -0.2) is 15.9 Å². The lowest BCUT2D eigenvalue weighted by atomic mass is 10.1. The van der Waals surface area contributed by atoms with Crippen molar-refractivity contribution < 1.29 is 9.18 Å². The molecule has 3 aromatic rings. The molecule has 0 aliphatic heterocycles. The van der Waals surface area contributed by atoms with Crippen LogP contribution in [0, 0.1) is 12.7 Å². The van der Waals surface area contributed by atoms with Crippen LogP contribution in [0.3, 0.4) is 0 Å². The summed E-state index contributed by atoms with van der Waals surface area (Å²) in [6.45, 7) is 4.10. The molecule has 132 valence electrons. The Morgan fingerprint density at radius 3 is 2.58 bits per heavy atom. The fraction of sp³-hybridized carbons (Fsp3) is 0.150. The maximum Gasteiger partial charge on any atom is 0.275 e. The standard InChI is InChI=1S/C20H19FN4O/c1-3-14-8-6-7-13(2)19(14)25-18-12-22-17(11-23-18)20(26)24-16-10-5-4-9-15(16)21/h4-12H,3H2,1-2H3,(H,23,25)(H,24,26). The Labute approximate surface area is 151 Å². The average Bonchev–Trinajstić information content (AvgIpc) is 2.65. The van der Waals surface area contributed by atoms with Gasteiger partial charge in [-0.15, -0.1) is 0 Å². The molecule has 0 saturated carbocycles. The second-order valence-electron chi connectivity index (χ2n) is 5.81. The summed E-state index contributed by atoms with van der Waals surface area (Å²) < 4.78 is 13.6. The quantitative estimate of drug-likeness (QED) is 0.712. The molecule has 26 heavy (non-hydrogen) atoms. The van der Waals surface area contributed by atoms with Crippen molar-refractivity contribution in [2.45, 2.75) is 20.3 Å². The predicted molar refractivity (Wildman–Crippen MR) is 100 cm³/mol. The molecule has 0 aliphatic carbocycles. The van der Waals surface area contributed by atoms with Crippen LogP contribution in [-0.2, 0) is 6.42 Å². The fourth-order valence-corrected chi connectivity index (χ4v) is 2.59. The number of amides is 1. The van der Waals surface area contributed by atoms with E-state index in [0.29, 0.717) is 5.82 Å². The second-order valence-corrected chi connectivity index (χ2v) is 5.81. The minimum absolute atomic E-state index is 0.106. The van der Waals surface area contributed by atoms with E-state index in [2.05, 4.69) is 33.6 Å². The number of aromatic nitrogens is 2. The molecule has 0 spiro atoms. The molecule has 2 aromatic carbocycles. The van der Waals surface area contributed by atoms with Gasteiger partial charge in [0.05, 0.1) is 18.1 Å². The lowest BCUT2D eigenvalue weighted by Gasteiger charge is -2.13. The van der Waals surface area contributed by atoms with Gasteiger partial charge in [-0.3, -0.25) is 4.79 Å². The van der Waals surface area contributed by atoms with Gasteiger partial charge in [-0.2, -0.15) is 0 Å². The van der Waals surface area contributed by atoms with E-state index in [-0.39, 0.29) is 11.4 Å². The summed E-state index contributed by atoms with van der Waals surface area (Å²) >= 11 is 0. The van der Waals surface area contributed by atoms with Crippen molar-refractivity contribution in [2.24, 2.45) is 0 Å². The summed E-state index contributed by atoms with van der Waals surface area (Å²) in [6.07, 6.45) is 3.74. The summed E-state index contributed by atoms with van der Waals surface area (Å²) in [5.74, 6) is -0.477. The molecule has 1 amide bonds. The number of nitrogens with zero attached hydrogens (tertiary/aromatic N) is 2. The van der Waals surface area contributed by atoms with Crippen LogP contribution < -0.4 is 10.6 Å². The van der Waals surface area contributed by atoms with Gasteiger partial charge in [0.1, 0.15) is 17.3 Å². The van der Waals surface area contributed by atoms with Crippen molar-refractivity contribution in [1.29, 1.82) is 0 Å². The number of carbonyl (C=O) groups is 1. The van der Waals surface area contributed by atoms with Crippen LogP contribution in [0.4, 0.5) is 21.6 Å². The molecule has 0 radical (unpaired) electrons. The smallest absolute Gasteiger partial charge is 0.275 e. The maximum absolute atomic E-state index is 13.6. The number of para-hydroxylation sites is 2. The minimum Gasteiger partial charge on any atom is -0.339 e. The van der Waals surface area contributed by atoms with E-state index in [4.69, 9.17) is 0 Å². The second kappa shape index (κ2) is 7.74. The molecule has 5 nitrogen and oxygen atoms in total. The summed E-state index contributed by atoms with van der Waals surface area (Å²) in [7, 11) is 0. The number of hydrogen-bond donors (Lipinski definition) is 2. The van der Waals surface area contributed by atoms with Crippen molar-refractivity contribution >= 4 is 23.1 Å². The Morgan fingerprint density at radius 2 is 1.88 bits per heavy atom. The predicted octanol–water partition coefficient (Wildman–Crippen LogP) is 4.48. The Balaban J connectivity index is 1.75. The van der Waals surface area contributed by atoms with Crippen molar-refractivity contribution in [3.8, 4) is 0 Å². The van der Waals surface area contributed by atoms with Crippen molar-refractivity contribution in [3.05, 3.63) is 77.5 Å². The lowest BCUT2D eigenvalue weighted by Crippen LogP contribution is -2.15. The van der Waals surface area contributed by atoms with Crippen molar-refractivity contribution in [2.75, 3.05) is 10.6 Å². The zero-order valence-electron chi connectivity index (χ0n) is 14.6. The SMILES string of the molecule is CCc1cccc(C)c1Nc1cnc(C(=O)Nc2ccccc2F)cn1. The molecule has 6 heteroatoms. The molecule has 1 aromatic heterocycles. The third-order valence-corrected chi connectivity index (χ3v) is 4.00. The molecular formula is C20H19FN4O. The molecule has 3 rings (SSSR count). The highest BCUT2D eigenvalue weighted by Gasteiger charge is 2.12. The van der Waals surface area contributed by atoms with E-state index < -0.39 is 11.7 Å². The number of nitrogens with one attached hydrogen (secondary N) is 2. The van der Waals surface area contributed by atoms with Gasteiger partial charge in [0, 0.05) is 5.69 Å². The van der Waals surface area contributed by atoms with E-state index in [0.717, 1.165) is 17.7 Å². The van der Waals surface area contributed by atoms with Gasteiger partial charge in [0.15, 0.2) is 0 Å². The lowest BCUT2D eigenvalue weighted by molar-refractivity contribution is 0.102. The van der Waals surface area contributed by atoms with Gasteiger partial charge < -0.3 is 10.6 Å². The molecule has 0 bridgehead atoms. The zero-order valence-corrected chi connectivity index (χ0v) is 14.6. The fourth-order valence-electron chi connectivity index (χ4n) is 2.59. The average molecular weight is 350 g/mol. The zero-order chi connectivity index (χ0) is 18.5. The van der Waals surface area contributed by atoms with E-state index in [9.17, 15) is 9.18 Å². The summed E-state index contributed by atoms with van der Waals surface area (Å²) in [4.78, 5) is 20.6. The molecule has 0 saturated heterocycles. The Morgan fingerprint density at radius 1 is 1.08 bits per heavy atom. The maximum atomic E-state index is 13.6. The monoisotopic (exact) mass is 350 g/mol. The van der Waals surface area contributed by atoms with E-state index in [1.807, 2.05) is 19.1 Å². The summed E-state index contributed by atoms with van der Waals surface area (Å²) in [6, 6.07) is 12.1. The molecule has 0 fully saturated rings. The number of rotatable bonds is 5. The highest BCUT2D eigenvalue weighted by molar-refractivity contribution is 6.02. The normalized spacial score (nSPS) is 10.4. The number of carbonyl (C=O) groups excluding carboxylic acids is 1. The van der Waals surface area contributed by atoms with Crippen molar-refractivity contribution in [3.63, 3.8) is 0 Å². The number of hydrogen-bond acceptors (Lipinski definition) is 4. The van der Waals surface area contributed by atoms with Gasteiger partial charge >= 0.3 is 0 Å². The van der Waals surface area contributed by atoms with Gasteiger partial charge in [0.2, 0.25) is 0 Å². The van der Waals surface area contributed by atoms with Crippen LogP contribution in [0.25, 0.3) is 0 Å². The molecule has 0 aliphatic rings. The number of aryl methyl sites for hydroxylation is 2. The highest BCUT2D eigenvalue weighted by Crippen LogP contribution is 2.24. The minimum atomic E-state index is -0.515. The van der Waals surface area contributed by atoms with Gasteiger partial charge in [-0.25, -0.2) is 14.4 Å².